The molecule has 0 atom stereocenters. The van der Waals surface area contributed by atoms with E-state index >= 15 is 0 Å². The van der Waals surface area contributed by atoms with Gasteiger partial charge in [-0.15, -0.1) is 0 Å². The number of aliphatic hydroxyl groups is 1. The van der Waals surface area contributed by atoms with Crippen LogP contribution in [-0.2, 0) is 12.1 Å². The summed E-state index contributed by atoms with van der Waals surface area (Å²) in [5.41, 5.74) is 2.59. The fraction of sp³-hybridized carbons (Fsp3) is 0.400. The van der Waals surface area contributed by atoms with Gasteiger partial charge in [-0.3, -0.25) is 4.90 Å². The third kappa shape index (κ3) is 3.34. The Morgan fingerprint density at radius 3 is 2.72 bits per heavy atom. The number of rotatable bonds is 3. The summed E-state index contributed by atoms with van der Waals surface area (Å²) in [6.07, 6.45) is 1.46. The number of likely N-dealkylation sites (tertiary alicyclic amines) is 1. The van der Waals surface area contributed by atoms with Crippen LogP contribution < -0.4 is 9.47 Å². The molecular weight excluding hydrogens is 338 g/mol. The molecule has 0 bridgehead atoms. The molecule has 2 aromatic rings. The third-order valence-corrected chi connectivity index (χ3v) is 5.41. The first-order chi connectivity index (χ1) is 12.0. The molecule has 1 N–H and O–H groups in total. The minimum absolute atomic E-state index is 0.228. The van der Waals surface area contributed by atoms with Gasteiger partial charge in [-0.2, -0.15) is 0 Å². The summed E-state index contributed by atoms with van der Waals surface area (Å²) in [4.78, 5) is 2.35. The smallest absolute Gasteiger partial charge is 0.231 e. The van der Waals surface area contributed by atoms with Gasteiger partial charge in [0.25, 0.3) is 0 Å². The largest absolute Gasteiger partial charge is 0.454 e. The first-order valence-electron chi connectivity index (χ1n) is 8.63. The molecule has 4 rings (SSSR count). The van der Waals surface area contributed by atoms with Crippen molar-refractivity contribution in [3.8, 4) is 11.5 Å². The van der Waals surface area contributed by atoms with Crippen LogP contribution in [0.1, 0.15) is 29.5 Å². The first kappa shape index (κ1) is 16.7. The van der Waals surface area contributed by atoms with E-state index in [0.29, 0.717) is 10.8 Å². The molecule has 0 radical (unpaired) electrons. The number of hydrogen-bond donors (Lipinski definition) is 1. The average molecular weight is 360 g/mol. The first-order valence-corrected chi connectivity index (χ1v) is 9.01. The molecule has 2 aliphatic rings. The van der Waals surface area contributed by atoms with Crippen LogP contribution in [-0.4, -0.2) is 29.9 Å². The normalized spacial score (nSPS) is 19.2. The van der Waals surface area contributed by atoms with Crippen LogP contribution >= 0.6 is 11.6 Å². The Balaban J connectivity index is 1.43. The highest BCUT2D eigenvalue weighted by Gasteiger charge is 2.34. The monoisotopic (exact) mass is 359 g/mol. The van der Waals surface area contributed by atoms with Crippen molar-refractivity contribution in [2.24, 2.45) is 0 Å². The number of benzene rings is 2. The van der Waals surface area contributed by atoms with Gasteiger partial charge in [0.2, 0.25) is 6.79 Å². The topological polar surface area (TPSA) is 41.9 Å². The Morgan fingerprint density at radius 1 is 1.16 bits per heavy atom. The molecule has 1 fully saturated rings. The fourth-order valence-corrected chi connectivity index (χ4v) is 3.96. The molecule has 0 spiro atoms. The van der Waals surface area contributed by atoms with Gasteiger partial charge in [0, 0.05) is 19.6 Å². The number of aryl methyl sites for hydroxylation is 1. The zero-order valence-electron chi connectivity index (χ0n) is 14.3. The van der Waals surface area contributed by atoms with Crippen molar-refractivity contribution in [1.82, 2.24) is 4.90 Å². The highest BCUT2D eigenvalue weighted by atomic mass is 35.5. The van der Waals surface area contributed by atoms with Crippen molar-refractivity contribution < 1.29 is 14.6 Å². The Morgan fingerprint density at radius 2 is 1.96 bits per heavy atom. The molecule has 0 amide bonds. The van der Waals surface area contributed by atoms with Crippen LogP contribution in [0.3, 0.4) is 0 Å². The highest BCUT2D eigenvalue weighted by molar-refractivity contribution is 6.32. The van der Waals surface area contributed by atoms with E-state index in [1.54, 1.807) is 0 Å². The van der Waals surface area contributed by atoms with Gasteiger partial charge in [0.05, 0.1) is 10.6 Å². The van der Waals surface area contributed by atoms with Gasteiger partial charge in [-0.25, -0.2) is 0 Å². The van der Waals surface area contributed by atoms with Crippen molar-refractivity contribution in [2.45, 2.75) is 31.9 Å². The van der Waals surface area contributed by atoms with Gasteiger partial charge in [-0.05, 0) is 43.0 Å². The van der Waals surface area contributed by atoms with E-state index in [-0.39, 0.29) is 6.79 Å². The minimum Gasteiger partial charge on any atom is -0.454 e. The van der Waals surface area contributed by atoms with Crippen molar-refractivity contribution in [1.29, 1.82) is 0 Å². The van der Waals surface area contributed by atoms with Crippen LogP contribution in [0.2, 0.25) is 5.02 Å². The van der Waals surface area contributed by atoms with Crippen LogP contribution in [0.15, 0.2) is 36.4 Å². The number of piperidine rings is 1. The second-order valence-corrected chi connectivity index (χ2v) is 7.40. The lowest BCUT2D eigenvalue weighted by molar-refractivity contribution is -0.0277. The standard InChI is InChI=1S/C20H22ClNO3/c1-14-3-2-4-16(9-14)20(23)5-7-22(8-6-20)12-15-10-17(21)19-18(11-15)24-13-25-19/h2-4,9-11,23H,5-8,12-13H2,1H3. The Hall–Kier alpha value is -1.75. The summed E-state index contributed by atoms with van der Waals surface area (Å²) < 4.78 is 10.8. The maximum absolute atomic E-state index is 11.0. The van der Waals surface area contributed by atoms with E-state index in [0.717, 1.165) is 49.4 Å². The van der Waals surface area contributed by atoms with Crippen molar-refractivity contribution >= 4 is 11.6 Å². The van der Waals surface area contributed by atoms with Crippen molar-refractivity contribution in [3.05, 3.63) is 58.1 Å². The number of hydrogen-bond acceptors (Lipinski definition) is 4. The third-order valence-electron chi connectivity index (χ3n) is 5.13. The number of halogens is 1. The predicted octanol–water partition coefficient (Wildman–Crippen LogP) is 3.86. The maximum atomic E-state index is 11.0. The molecule has 132 valence electrons. The van der Waals surface area contributed by atoms with Crippen LogP contribution in [0.5, 0.6) is 11.5 Å². The van der Waals surface area contributed by atoms with Gasteiger partial charge >= 0.3 is 0 Å². The van der Waals surface area contributed by atoms with E-state index in [1.165, 1.54) is 5.56 Å². The fourth-order valence-electron chi connectivity index (χ4n) is 3.67. The Labute approximate surface area is 152 Å². The molecular formula is C20H22ClNO3. The summed E-state index contributed by atoms with van der Waals surface area (Å²) in [5.74, 6) is 1.36. The van der Waals surface area contributed by atoms with Gasteiger partial charge in [0.15, 0.2) is 11.5 Å². The summed E-state index contributed by atoms with van der Waals surface area (Å²) >= 11 is 6.27. The molecule has 1 saturated heterocycles. The highest BCUT2D eigenvalue weighted by Crippen LogP contribution is 2.40. The molecule has 0 aliphatic carbocycles. The molecule has 5 heteroatoms. The molecule has 0 unspecified atom stereocenters. The lowest BCUT2D eigenvalue weighted by Crippen LogP contribution is -2.42. The van der Waals surface area contributed by atoms with Gasteiger partial charge in [-0.1, -0.05) is 41.4 Å². The Bertz CT molecular complexity index is 785. The van der Waals surface area contributed by atoms with Crippen LogP contribution in [0, 0.1) is 6.92 Å². The molecule has 0 aromatic heterocycles. The van der Waals surface area contributed by atoms with Crippen molar-refractivity contribution in [3.63, 3.8) is 0 Å². The average Bonchev–Trinajstić information content (AvgIpc) is 3.06. The van der Waals surface area contributed by atoms with Gasteiger partial charge in [0.1, 0.15) is 0 Å². The SMILES string of the molecule is Cc1cccc(C2(O)CCN(Cc3cc(Cl)c4c(c3)OCO4)CC2)c1. The van der Waals surface area contributed by atoms with E-state index in [9.17, 15) is 5.11 Å². The number of nitrogens with zero attached hydrogens (tertiary/aromatic N) is 1. The van der Waals surface area contributed by atoms with Crippen molar-refractivity contribution in [2.75, 3.05) is 19.9 Å². The van der Waals surface area contributed by atoms with E-state index in [1.807, 2.05) is 24.3 Å². The molecule has 2 aliphatic heterocycles. The lowest BCUT2D eigenvalue weighted by Gasteiger charge is -2.38. The number of fused-ring (bicyclic) bond motifs is 1. The maximum Gasteiger partial charge on any atom is 0.231 e. The molecule has 0 saturated carbocycles. The summed E-state index contributed by atoms with van der Waals surface area (Å²) in [5, 5.41) is 11.6. The molecule has 2 heterocycles. The number of ether oxygens (including phenoxy) is 2. The minimum atomic E-state index is -0.727. The molecule has 25 heavy (non-hydrogen) atoms. The summed E-state index contributed by atoms with van der Waals surface area (Å²) in [6.45, 7) is 4.77. The van der Waals surface area contributed by atoms with Crippen LogP contribution in [0.4, 0.5) is 0 Å². The van der Waals surface area contributed by atoms with Gasteiger partial charge < -0.3 is 14.6 Å². The molecule has 2 aromatic carbocycles. The zero-order valence-corrected chi connectivity index (χ0v) is 15.1. The molecule has 4 nitrogen and oxygen atoms in total. The summed E-state index contributed by atoms with van der Waals surface area (Å²) in [7, 11) is 0. The van der Waals surface area contributed by atoms with E-state index in [2.05, 4.69) is 24.0 Å². The Kier molecular flexibility index (Phi) is 4.36. The lowest BCUT2D eigenvalue weighted by atomic mass is 9.84. The quantitative estimate of drug-likeness (QED) is 0.903. The predicted molar refractivity (Wildman–Crippen MR) is 97.2 cm³/mol. The summed E-state index contributed by atoms with van der Waals surface area (Å²) in [6, 6.07) is 12.1. The second kappa shape index (κ2) is 6.52. The van der Waals surface area contributed by atoms with E-state index < -0.39 is 5.60 Å². The van der Waals surface area contributed by atoms with E-state index in [4.69, 9.17) is 21.1 Å². The second-order valence-electron chi connectivity index (χ2n) is 6.99. The zero-order chi connectivity index (χ0) is 17.4. The van der Waals surface area contributed by atoms with Crippen LogP contribution in [0.25, 0.3) is 0 Å².